The molecule has 0 bridgehead atoms. The highest BCUT2D eigenvalue weighted by Gasteiger charge is 2.46. The van der Waals surface area contributed by atoms with E-state index in [4.69, 9.17) is 15.3 Å². The number of hydrogen-bond donors (Lipinski definition) is 1. The van der Waals surface area contributed by atoms with Crippen molar-refractivity contribution in [3.63, 3.8) is 0 Å². The van der Waals surface area contributed by atoms with E-state index in [-0.39, 0.29) is 0 Å². The van der Waals surface area contributed by atoms with Gasteiger partial charge in [-0.3, -0.25) is 10.4 Å². The van der Waals surface area contributed by atoms with Crippen molar-refractivity contribution in [3.8, 4) is 22.3 Å². The number of hydrogen-bond acceptors (Lipinski definition) is 5. The molecule has 5 heteroatoms. The number of nitrogens with zero attached hydrogens (tertiary/aromatic N) is 3. The predicted molar refractivity (Wildman–Crippen MR) is 215 cm³/mol. The Morgan fingerprint density at radius 1 is 0.596 bits per heavy atom. The summed E-state index contributed by atoms with van der Waals surface area (Å²) in [6, 6.07) is 54.1. The molecular formula is C47H34N4S. The molecule has 1 aliphatic heterocycles. The number of pyridine rings is 1. The lowest BCUT2D eigenvalue weighted by Crippen LogP contribution is -2.44. The summed E-state index contributed by atoms with van der Waals surface area (Å²) in [5, 5.41) is 12.5. The SMILES string of the molecule is Cc1c(C2=C(c3c(-c4ccccc4)ccc4sc5ccccc5c34)N=NNC2(c2ccccc2)c2ccccc2)nc2c(c1C)-c1ccccc1C2. The van der Waals surface area contributed by atoms with E-state index >= 15 is 0 Å². The molecule has 0 radical (unpaired) electrons. The Hall–Kier alpha value is -6.17. The number of aromatic nitrogens is 1. The summed E-state index contributed by atoms with van der Waals surface area (Å²) in [6.45, 7) is 4.49. The third-order valence-electron chi connectivity index (χ3n) is 11.0. The Bertz CT molecular complexity index is 2710. The van der Waals surface area contributed by atoms with Crippen molar-refractivity contribution in [2.45, 2.75) is 25.8 Å². The van der Waals surface area contributed by atoms with Crippen LogP contribution in [0.1, 0.15) is 44.8 Å². The van der Waals surface area contributed by atoms with Gasteiger partial charge < -0.3 is 0 Å². The van der Waals surface area contributed by atoms with E-state index in [0.717, 1.165) is 62.5 Å². The number of thiophene rings is 1. The second-order valence-corrected chi connectivity index (χ2v) is 14.8. The first-order valence-corrected chi connectivity index (χ1v) is 18.6. The van der Waals surface area contributed by atoms with Gasteiger partial charge in [0, 0.05) is 43.3 Å². The molecule has 2 aliphatic rings. The molecule has 2 aromatic heterocycles. The number of benzene rings is 6. The van der Waals surface area contributed by atoms with Crippen molar-refractivity contribution in [3.05, 3.63) is 196 Å². The molecule has 10 rings (SSSR count). The van der Waals surface area contributed by atoms with Crippen LogP contribution in [0.4, 0.5) is 0 Å². The Morgan fingerprint density at radius 3 is 2.00 bits per heavy atom. The van der Waals surface area contributed by atoms with Crippen LogP contribution in [-0.2, 0) is 12.0 Å². The van der Waals surface area contributed by atoms with Gasteiger partial charge in [-0.25, -0.2) is 0 Å². The summed E-state index contributed by atoms with van der Waals surface area (Å²) in [7, 11) is 0. The van der Waals surface area contributed by atoms with Gasteiger partial charge in [-0.15, -0.1) is 16.5 Å². The van der Waals surface area contributed by atoms with Crippen LogP contribution in [0.3, 0.4) is 0 Å². The van der Waals surface area contributed by atoms with Crippen LogP contribution in [0.5, 0.6) is 0 Å². The highest BCUT2D eigenvalue weighted by molar-refractivity contribution is 7.25. The molecular weight excluding hydrogens is 653 g/mol. The van der Waals surface area contributed by atoms with Gasteiger partial charge in [0.2, 0.25) is 0 Å². The van der Waals surface area contributed by atoms with Crippen LogP contribution in [0, 0.1) is 13.8 Å². The minimum Gasteiger partial charge on any atom is -0.272 e. The molecule has 1 aliphatic carbocycles. The fraction of sp³-hybridized carbons (Fsp3) is 0.0851. The zero-order valence-corrected chi connectivity index (χ0v) is 29.7. The highest BCUT2D eigenvalue weighted by Crippen LogP contribution is 2.53. The first kappa shape index (κ1) is 30.6. The standard InChI is InChI=1S/C47H34N4S/c1-29-30(2)45(48-38-28-32-18-12-13-23-35(32)41(29)38)44-46(49-51-50-47(44,33-19-8-4-9-20-33)34-21-10-5-11-22-34)43-36(31-16-6-3-7-17-31)26-27-40-42(43)37-24-14-15-25-39(37)52-40/h3-27H,28H2,1-2H3,(H,49,50). The van der Waals surface area contributed by atoms with Crippen molar-refractivity contribution >= 4 is 42.8 Å². The van der Waals surface area contributed by atoms with E-state index in [9.17, 15) is 0 Å². The first-order valence-electron chi connectivity index (χ1n) is 17.8. The monoisotopic (exact) mass is 686 g/mol. The summed E-state index contributed by atoms with van der Waals surface area (Å²) in [6.07, 6.45) is 0.793. The quantitative estimate of drug-likeness (QED) is 0.196. The topological polar surface area (TPSA) is 49.6 Å². The van der Waals surface area contributed by atoms with Crippen LogP contribution in [0.25, 0.3) is 53.7 Å². The van der Waals surface area contributed by atoms with E-state index in [1.165, 1.54) is 42.4 Å². The maximum absolute atomic E-state index is 5.71. The molecule has 0 spiro atoms. The van der Waals surface area contributed by atoms with Crippen molar-refractivity contribution < 1.29 is 0 Å². The zero-order chi connectivity index (χ0) is 34.8. The van der Waals surface area contributed by atoms with Gasteiger partial charge in [0.25, 0.3) is 0 Å². The average Bonchev–Trinajstić information content (AvgIpc) is 3.78. The molecule has 248 valence electrons. The fourth-order valence-corrected chi connectivity index (χ4v) is 9.58. The normalized spacial score (nSPS) is 14.4. The van der Waals surface area contributed by atoms with E-state index in [2.05, 4.69) is 171 Å². The Morgan fingerprint density at radius 2 is 1.25 bits per heavy atom. The first-order chi connectivity index (χ1) is 25.6. The Balaban J connectivity index is 1.41. The van der Waals surface area contributed by atoms with Crippen LogP contribution in [0.2, 0.25) is 0 Å². The minimum atomic E-state index is -0.911. The predicted octanol–water partition coefficient (Wildman–Crippen LogP) is 12.1. The Labute approximate surface area is 306 Å². The van der Waals surface area contributed by atoms with E-state index < -0.39 is 5.54 Å². The van der Waals surface area contributed by atoms with E-state index in [0.29, 0.717) is 0 Å². The van der Waals surface area contributed by atoms with Gasteiger partial charge in [-0.2, -0.15) is 0 Å². The molecule has 6 aromatic carbocycles. The Kier molecular flexibility index (Phi) is 7.05. The maximum Gasteiger partial charge on any atom is 0.136 e. The second-order valence-electron chi connectivity index (χ2n) is 13.7. The van der Waals surface area contributed by atoms with Gasteiger partial charge >= 0.3 is 0 Å². The largest absolute Gasteiger partial charge is 0.272 e. The van der Waals surface area contributed by atoms with E-state index in [1.54, 1.807) is 0 Å². The van der Waals surface area contributed by atoms with Crippen LogP contribution in [0.15, 0.2) is 162 Å². The maximum atomic E-state index is 5.71. The smallest absolute Gasteiger partial charge is 0.136 e. The van der Waals surface area contributed by atoms with Crippen molar-refractivity contribution in [1.29, 1.82) is 0 Å². The molecule has 4 nitrogen and oxygen atoms in total. The summed E-state index contributed by atoms with van der Waals surface area (Å²) < 4.78 is 2.46. The third kappa shape index (κ3) is 4.49. The van der Waals surface area contributed by atoms with E-state index in [1.807, 2.05) is 11.3 Å². The molecule has 0 saturated heterocycles. The van der Waals surface area contributed by atoms with Crippen molar-refractivity contribution in [2.24, 2.45) is 10.3 Å². The second kappa shape index (κ2) is 12.0. The molecule has 0 saturated carbocycles. The zero-order valence-electron chi connectivity index (χ0n) is 28.9. The average molecular weight is 687 g/mol. The summed E-state index contributed by atoms with van der Waals surface area (Å²) in [4.78, 5) is 5.71. The van der Waals surface area contributed by atoms with Gasteiger partial charge in [0.1, 0.15) is 11.2 Å². The van der Waals surface area contributed by atoms with Gasteiger partial charge in [-0.05, 0) is 70.5 Å². The molecule has 0 atom stereocenters. The van der Waals surface area contributed by atoms with Crippen molar-refractivity contribution in [1.82, 2.24) is 10.4 Å². The van der Waals surface area contributed by atoms with Gasteiger partial charge in [-0.1, -0.05) is 145 Å². The summed E-state index contributed by atoms with van der Waals surface area (Å²) >= 11 is 1.82. The minimum absolute atomic E-state index is 0.793. The third-order valence-corrected chi connectivity index (χ3v) is 12.1. The summed E-state index contributed by atoms with van der Waals surface area (Å²) in [5.74, 6) is 0. The molecule has 0 fully saturated rings. The number of nitrogens with one attached hydrogen (secondary N) is 1. The number of rotatable bonds is 5. The highest BCUT2D eigenvalue weighted by atomic mass is 32.1. The lowest BCUT2D eigenvalue weighted by atomic mass is 9.72. The van der Waals surface area contributed by atoms with Gasteiger partial charge in [0.15, 0.2) is 0 Å². The molecule has 3 heterocycles. The fourth-order valence-electron chi connectivity index (χ4n) is 8.46. The molecule has 8 aromatic rings. The molecule has 52 heavy (non-hydrogen) atoms. The molecule has 0 amide bonds. The summed E-state index contributed by atoms with van der Waals surface area (Å²) in [5.41, 5.74) is 18.3. The lowest BCUT2D eigenvalue weighted by molar-refractivity contribution is 0.494. The lowest BCUT2D eigenvalue weighted by Gasteiger charge is -2.40. The van der Waals surface area contributed by atoms with Gasteiger partial charge in [0.05, 0.1) is 11.4 Å². The number of fused-ring (bicyclic) bond motifs is 6. The van der Waals surface area contributed by atoms with Crippen LogP contribution < -0.4 is 5.43 Å². The molecule has 0 unspecified atom stereocenters. The van der Waals surface area contributed by atoms with Crippen molar-refractivity contribution in [2.75, 3.05) is 0 Å². The molecule has 1 N–H and O–H groups in total. The van der Waals surface area contributed by atoms with Crippen LogP contribution >= 0.6 is 11.3 Å². The van der Waals surface area contributed by atoms with Crippen LogP contribution in [-0.4, -0.2) is 4.98 Å².